The second kappa shape index (κ2) is 42.1. The molecule has 1 heterocycles. The molecule has 0 aromatic rings. The first-order valence-electron chi connectivity index (χ1n) is 25.4. The van der Waals surface area contributed by atoms with E-state index in [0.29, 0.717) is 6.42 Å². The molecule has 0 radical (unpaired) electrons. The minimum absolute atomic E-state index is 0.218. The number of carbonyl (C=O) groups excluding carboxylic acids is 2. The van der Waals surface area contributed by atoms with E-state index in [2.05, 4.69) is 38.2 Å². The SMILES string of the molecule is CCCCCCCCC/C=C\CCCCCCCCCC(=O)OCC(COC1OC(CO)C(O)C(O)C1O)OC(=O)CCCCCCCCC/C=C\CCCCCCCCC. The Balaban J connectivity index is 2.27. The van der Waals surface area contributed by atoms with Gasteiger partial charge in [-0.25, -0.2) is 0 Å². The summed E-state index contributed by atoms with van der Waals surface area (Å²) in [4.78, 5) is 25.4. The number of esters is 2. The summed E-state index contributed by atoms with van der Waals surface area (Å²) in [5, 5.41) is 40.2. The van der Waals surface area contributed by atoms with Crippen LogP contribution in [0.2, 0.25) is 0 Å². The minimum atomic E-state index is -1.59. The van der Waals surface area contributed by atoms with E-state index in [1.807, 2.05) is 0 Å². The topological polar surface area (TPSA) is 152 Å². The smallest absolute Gasteiger partial charge is 0.306 e. The Morgan fingerprint density at radius 2 is 0.869 bits per heavy atom. The van der Waals surface area contributed by atoms with Crippen LogP contribution in [-0.2, 0) is 28.5 Å². The number of unbranched alkanes of at least 4 members (excludes halogenated alkanes) is 28. The van der Waals surface area contributed by atoms with Crippen LogP contribution >= 0.6 is 0 Å². The van der Waals surface area contributed by atoms with E-state index >= 15 is 0 Å². The maximum Gasteiger partial charge on any atom is 0.306 e. The van der Waals surface area contributed by atoms with Crippen LogP contribution in [0, 0.1) is 0 Å². The summed E-state index contributed by atoms with van der Waals surface area (Å²) in [6.07, 6.45) is 40.4. The number of rotatable bonds is 43. The van der Waals surface area contributed by atoms with Crippen LogP contribution in [0.15, 0.2) is 24.3 Å². The lowest BCUT2D eigenvalue weighted by Gasteiger charge is -2.39. The number of allylic oxidation sites excluding steroid dienone is 4. The largest absolute Gasteiger partial charge is 0.462 e. The third kappa shape index (κ3) is 33.4. The van der Waals surface area contributed by atoms with Crippen molar-refractivity contribution in [2.24, 2.45) is 0 Å². The van der Waals surface area contributed by atoms with Crippen LogP contribution < -0.4 is 0 Å². The Morgan fingerprint density at radius 1 is 0.492 bits per heavy atom. The molecule has 0 aromatic carbocycles. The fourth-order valence-electron chi connectivity index (χ4n) is 7.77. The van der Waals surface area contributed by atoms with Crippen molar-refractivity contribution in [2.45, 2.75) is 269 Å². The summed E-state index contributed by atoms with van der Waals surface area (Å²) in [5.41, 5.74) is 0. The molecule has 10 nitrogen and oxygen atoms in total. The van der Waals surface area contributed by atoms with Gasteiger partial charge in [-0.2, -0.15) is 0 Å². The van der Waals surface area contributed by atoms with Crippen molar-refractivity contribution in [1.82, 2.24) is 0 Å². The quantitative estimate of drug-likeness (QED) is 0.0265. The van der Waals surface area contributed by atoms with E-state index in [4.69, 9.17) is 18.9 Å². The molecule has 358 valence electrons. The zero-order valence-electron chi connectivity index (χ0n) is 39.2. The molecule has 0 amide bonds. The molecule has 1 saturated heterocycles. The van der Waals surface area contributed by atoms with Crippen LogP contribution in [0.25, 0.3) is 0 Å². The normalized spacial score (nSPS) is 19.9. The molecule has 1 aliphatic heterocycles. The summed E-state index contributed by atoms with van der Waals surface area (Å²) >= 11 is 0. The van der Waals surface area contributed by atoms with Crippen molar-refractivity contribution < 1.29 is 49.0 Å². The number of hydrogen-bond donors (Lipinski definition) is 4. The maximum absolute atomic E-state index is 12.8. The van der Waals surface area contributed by atoms with Crippen molar-refractivity contribution in [3.63, 3.8) is 0 Å². The number of aliphatic hydroxyl groups is 4. The lowest BCUT2D eigenvalue weighted by atomic mass is 9.99. The highest BCUT2D eigenvalue weighted by atomic mass is 16.7. The van der Waals surface area contributed by atoms with Crippen molar-refractivity contribution in [2.75, 3.05) is 19.8 Å². The molecular weight excluding hydrogens is 773 g/mol. The van der Waals surface area contributed by atoms with Crippen molar-refractivity contribution in [3.05, 3.63) is 24.3 Å². The van der Waals surface area contributed by atoms with Gasteiger partial charge in [0.05, 0.1) is 13.2 Å². The van der Waals surface area contributed by atoms with Crippen LogP contribution in [0.4, 0.5) is 0 Å². The molecule has 0 aliphatic carbocycles. The van der Waals surface area contributed by atoms with Gasteiger partial charge in [-0.1, -0.05) is 179 Å². The second-order valence-electron chi connectivity index (χ2n) is 17.6. The monoisotopic (exact) mass is 867 g/mol. The molecule has 0 bridgehead atoms. The van der Waals surface area contributed by atoms with Crippen molar-refractivity contribution in [1.29, 1.82) is 0 Å². The van der Waals surface area contributed by atoms with Gasteiger partial charge in [-0.05, 0) is 64.2 Å². The standard InChI is InChI=1S/C51H94O10/c1-3-5-7-9-11-13-15-17-19-21-23-25-27-29-31-33-35-37-39-46(53)58-42-44(43-59-51-50(57)49(56)48(55)45(41-52)61-51)60-47(54)40-38-36-34-32-30-28-26-24-22-20-18-16-14-12-10-8-6-4-2/h19-22,44-45,48-52,55-57H,3-18,23-43H2,1-2H3/b21-19-,22-20-. The average molecular weight is 867 g/mol. The molecule has 1 fully saturated rings. The van der Waals surface area contributed by atoms with Crippen LogP contribution in [0.3, 0.4) is 0 Å². The Labute approximate surface area is 373 Å². The van der Waals surface area contributed by atoms with Gasteiger partial charge in [0, 0.05) is 12.8 Å². The lowest BCUT2D eigenvalue weighted by molar-refractivity contribution is -0.305. The molecule has 10 heteroatoms. The Morgan fingerprint density at radius 3 is 1.28 bits per heavy atom. The van der Waals surface area contributed by atoms with Gasteiger partial charge in [0.1, 0.15) is 31.0 Å². The first-order chi connectivity index (χ1) is 29.8. The first kappa shape index (κ1) is 57.2. The molecule has 1 aliphatic rings. The Hall–Kier alpha value is -1.82. The van der Waals surface area contributed by atoms with E-state index in [9.17, 15) is 30.0 Å². The lowest BCUT2D eigenvalue weighted by Crippen LogP contribution is -2.59. The molecule has 6 unspecified atom stereocenters. The third-order valence-corrected chi connectivity index (χ3v) is 11.8. The number of carbonyl (C=O) groups is 2. The molecule has 4 N–H and O–H groups in total. The van der Waals surface area contributed by atoms with E-state index in [-0.39, 0.29) is 32.0 Å². The second-order valence-corrected chi connectivity index (χ2v) is 17.6. The molecule has 0 saturated carbocycles. The van der Waals surface area contributed by atoms with Gasteiger partial charge in [0.15, 0.2) is 12.4 Å². The van der Waals surface area contributed by atoms with Gasteiger partial charge in [-0.15, -0.1) is 0 Å². The molecule has 6 atom stereocenters. The average Bonchev–Trinajstić information content (AvgIpc) is 3.26. The fraction of sp³-hybridized carbons (Fsp3) is 0.882. The molecule has 1 rings (SSSR count). The van der Waals surface area contributed by atoms with Gasteiger partial charge >= 0.3 is 11.9 Å². The number of ether oxygens (including phenoxy) is 4. The number of aliphatic hydroxyl groups excluding tert-OH is 4. The van der Waals surface area contributed by atoms with Gasteiger partial charge in [0.25, 0.3) is 0 Å². The molecule has 61 heavy (non-hydrogen) atoms. The highest BCUT2D eigenvalue weighted by Gasteiger charge is 2.44. The summed E-state index contributed by atoms with van der Waals surface area (Å²) in [6, 6.07) is 0. The summed E-state index contributed by atoms with van der Waals surface area (Å²) in [7, 11) is 0. The van der Waals surface area contributed by atoms with Gasteiger partial charge in [-0.3, -0.25) is 9.59 Å². The zero-order chi connectivity index (χ0) is 44.4. The molecular formula is C51H94O10. The van der Waals surface area contributed by atoms with E-state index in [0.717, 1.165) is 57.8 Å². The predicted molar refractivity (Wildman–Crippen MR) is 247 cm³/mol. The van der Waals surface area contributed by atoms with Crippen molar-refractivity contribution >= 4 is 11.9 Å². The highest BCUT2D eigenvalue weighted by molar-refractivity contribution is 5.70. The predicted octanol–water partition coefficient (Wildman–Crippen LogP) is 11.7. The first-order valence-corrected chi connectivity index (χ1v) is 25.4. The third-order valence-electron chi connectivity index (χ3n) is 11.8. The van der Waals surface area contributed by atoms with Gasteiger partial charge < -0.3 is 39.4 Å². The van der Waals surface area contributed by atoms with E-state index in [1.165, 1.54) is 141 Å². The maximum atomic E-state index is 12.8. The van der Waals surface area contributed by atoms with Crippen LogP contribution in [-0.4, -0.2) is 89.0 Å². The van der Waals surface area contributed by atoms with Crippen molar-refractivity contribution in [3.8, 4) is 0 Å². The van der Waals surface area contributed by atoms with E-state index < -0.39 is 49.4 Å². The Bertz CT molecular complexity index is 1050. The summed E-state index contributed by atoms with van der Waals surface area (Å²) < 4.78 is 22.2. The molecule has 0 spiro atoms. The fourth-order valence-corrected chi connectivity index (χ4v) is 7.77. The van der Waals surface area contributed by atoms with E-state index in [1.54, 1.807) is 0 Å². The summed E-state index contributed by atoms with van der Waals surface area (Å²) in [6.45, 7) is 3.44. The van der Waals surface area contributed by atoms with Crippen LogP contribution in [0.1, 0.15) is 232 Å². The number of hydrogen-bond acceptors (Lipinski definition) is 10. The van der Waals surface area contributed by atoms with Crippen LogP contribution in [0.5, 0.6) is 0 Å². The Kier molecular flexibility index (Phi) is 39.5. The highest BCUT2D eigenvalue weighted by Crippen LogP contribution is 2.23. The zero-order valence-corrected chi connectivity index (χ0v) is 39.2. The molecule has 0 aromatic heterocycles. The summed E-state index contributed by atoms with van der Waals surface area (Å²) in [5.74, 6) is -0.807. The van der Waals surface area contributed by atoms with Gasteiger partial charge in [0.2, 0.25) is 0 Å². The minimum Gasteiger partial charge on any atom is -0.462 e.